The third-order valence-electron chi connectivity index (χ3n) is 5.73. The minimum Gasteiger partial charge on any atom is -0.303 e. The van der Waals surface area contributed by atoms with Crippen LogP contribution in [0.2, 0.25) is 0 Å². The second-order valence-corrected chi connectivity index (χ2v) is 12.7. The quantitative estimate of drug-likeness (QED) is 0.499. The number of benzene rings is 2. The maximum atomic E-state index is 2.53. The van der Waals surface area contributed by atoms with Gasteiger partial charge in [0.2, 0.25) is 0 Å². The van der Waals surface area contributed by atoms with Crippen molar-refractivity contribution < 1.29 is 0 Å². The Morgan fingerprint density at radius 2 is 1.36 bits per heavy atom. The van der Waals surface area contributed by atoms with Crippen molar-refractivity contribution in [2.45, 2.75) is 32.5 Å². The molecule has 0 fully saturated rings. The number of hydrogen-bond acceptors (Lipinski definition) is 1. The normalized spacial score (nSPS) is 17.9. The van der Waals surface area contributed by atoms with E-state index in [1.807, 2.05) is 0 Å². The fourth-order valence-corrected chi connectivity index (χ4v) is 9.49. The van der Waals surface area contributed by atoms with Crippen molar-refractivity contribution in [2.24, 2.45) is 0 Å². The van der Waals surface area contributed by atoms with Gasteiger partial charge in [-0.05, 0) is 62.8 Å². The molecule has 1 aliphatic carbocycles. The second kappa shape index (κ2) is 9.98. The molecular weight excluding hydrogens is 376 g/mol. The maximum absolute atomic E-state index is 2.53. The van der Waals surface area contributed by atoms with Gasteiger partial charge in [0.15, 0.2) is 0 Å². The zero-order valence-corrected chi connectivity index (χ0v) is 19.6. The highest BCUT2D eigenvalue weighted by Crippen LogP contribution is 2.59. The van der Waals surface area contributed by atoms with Gasteiger partial charge >= 0.3 is 0 Å². The average Bonchev–Trinajstić information content (AvgIpc) is 3.14. The molecule has 3 rings (SSSR count). The van der Waals surface area contributed by atoms with Gasteiger partial charge in [0.1, 0.15) is 0 Å². The number of hydrogen-bond donors (Lipinski definition) is 0. The highest BCUT2D eigenvalue weighted by Gasteiger charge is 2.34. The van der Waals surface area contributed by atoms with Crippen LogP contribution in [0.15, 0.2) is 83.7 Å². The minimum absolute atomic E-state index is 0.0275. The van der Waals surface area contributed by atoms with E-state index in [1.165, 1.54) is 22.9 Å². The third kappa shape index (κ3) is 4.49. The molecule has 148 valence electrons. The Morgan fingerprint density at radius 3 is 1.79 bits per heavy atom. The highest BCUT2D eigenvalue weighted by atomic mass is 31.1. The molecule has 2 aromatic carbocycles. The van der Waals surface area contributed by atoms with E-state index in [0.29, 0.717) is 11.7 Å². The molecule has 1 aliphatic rings. The first-order valence-electron chi connectivity index (χ1n) is 10.3. The van der Waals surface area contributed by atoms with Crippen LogP contribution in [-0.2, 0) is 0 Å². The Kier molecular flexibility index (Phi) is 7.64. The van der Waals surface area contributed by atoms with Crippen LogP contribution in [0, 0.1) is 0 Å². The van der Waals surface area contributed by atoms with E-state index in [4.69, 9.17) is 0 Å². The van der Waals surface area contributed by atoms with Crippen molar-refractivity contribution in [3.05, 3.63) is 83.7 Å². The molecular formula is C25H33NP2. The molecule has 3 heteroatoms. The SMILES string of the molecule is CCP(CC)C1C=CC(C(C)N(C)C)=C1P(c1ccccc1)c1ccccc1. The van der Waals surface area contributed by atoms with Crippen molar-refractivity contribution in [1.29, 1.82) is 0 Å². The van der Waals surface area contributed by atoms with Gasteiger partial charge in [-0.2, -0.15) is 0 Å². The number of allylic oxidation sites excluding steroid dienone is 2. The van der Waals surface area contributed by atoms with Crippen molar-refractivity contribution in [3.63, 3.8) is 0 Å². The van der Waals surface area contributed by atoms with Gasteiger partial charge in [-0.15, -0.1) is 0 Å². The Morgan fingerprint density at radius 1 is 0.857 bits per heavy atom. The van der Waals surface area contributed by atoms with Crippen LogP contribution in [0.25, 0.3) is 0 Å². The molecule has 2 aromatic rings. The Hall–Kier alpha value is -1.26. The predicted molar refractivity (Wildman–Crippen MR) is 130 cm³/mol. The summed E-state index contributed by atoms with van der Waals surface area (Å²) >= 11 is 0. The van der Waals surface area contributed by atoms with Gasteiger partial charge in [0.25, 0.3) is 0 Å². The molecule has 2 unspecified atom stereocenters. The molecule has 0 aliphatic heterocycles. The largest absolute Gasteiger partial charge is 0.303 e. The Bertz CT molecular complexity index is 767. The van der Waals surface area contributed by atoms with Crippen molar-refractivity contribution in [1.82, 2.24) is 4.90 Å². The first-order valence-corrected chi connectivity index (χ1v) is 13.4. The van der Waals surface area contributed by atoms with E-state index in [0.717, 1.165) is 0 Å². The topological polar surface area (TPSA) is 3.24 Å². The molecule has 0 heterocycles. The summed E-state index contributed by atoms with van der Waals surface area (Å²) in [6, 6.07) is 22.8. The van der Waals surface area contributed by atoms with E-state index in [-0.39, 0.29) is 7.92 Å². The van der Waals surface area contributed by atoms with Gasteiger partial charge in [0.05, 0.1) is 0 Å². The lowest BCUT2D eigenvalue weighted by molar-refractivity contribution is 0.354. The summed E-state index contributed by atoms with van der Waals surface area (Å²) in [6.45, 7) is 7.11. The molecule has 0 radical (unpaired) electrons. The fraction of sp³-hybridized carbons (Fsp3) is 0.360. The van der Waals surface area contributed by atoms with E-state index in [9.17, 15) is 0 Å². The lowest BCUT2D eigenvalue weighted by Crippen LogP contribution is -2.28. The molecule has 0 aromatic heterocycles. The summed E-state index contributed by atoms with van der Waals surface area (Å²) in [5.41, 5.74) is 2.15. The molecule has 2 atom stereocenters. The molecule has 0 amide bonds. The fourth-order valence-electron chi connectivity index (χ4n) is 3.93. The molecule has 28 heavy (non-hydrogen) atoms. The van der Waals surface area contributed by atoms with E-state index < -0.39 is 7.92 Å². The molecule has 1 nitrogen and oxygen atoms in total. The van der Waals surface area contributed by atoms with Gasteiger partial charge < -0.3 is 4.90 Å². The average molecular weight is 409 g/mol. The van der Waals surface area contributed by atoms with Gasteiger partial charge in [-0.1, -0.05) is 94.6 Å². The lowest BCUT2D eigenvalue weighted by atomic mass is 10.1. The monoisotopic (exact) mass is 409 g/mol. The van der Waals surface area contributed by atoms with E-state index in [2.05, 4.69) is 113 Å². The number of nitrogens with zero attached hydrogens (tertiary/aromatic N) is 1. The molecule has 0 N–H and O–H groups in total. The van der Waals surface area contributed by atoms with Crippen LogP contribution in [0.3, 0.4) is 0 Å². The maximum Gasteiger partial charge on any atom is 0.0317 e. The van der Waals surface area contributed by atoms with Crippen molar-refractivity contribution in [3.8, 4) is 0 Å². The van der Waals surface area contributed by atoms with Gasteiger partial charge in [-0.25, -0.2) is 0 Å². The van der Waals surface area contributed by atoms with Crippen LogP contribution in [0.4, 0.5) is 0 Å². The Labute approximate surface area is 174 Å². The van der Waals surface area contributed by atoms with E-state index in [1.54, 1.807) is 10.9 Å². The van der Waals surface area contributed by atoms with E-state index >= 15 is 0 Å². The summed E-state index contributed by atoms with van der Waals surface area (Å²) in [7, 11) is 3.85. The summed E-state index contributed by atoms with van der Waals surface area (Å²) in [6.07, 6.45) is 7.57. The molecule has 0 saturated carbocycles. The van der Waals surface area contributed by atoms with Gasteiger partial charge in [0, 0.05) is 11.7 Å². The first-order chi connectivity index (χ1) is 13.6. The standard InChI is InChI=1S/C25H33NP2/c1-6-27(7-2)24-19-18-23(20(3)26(4)5)25(24)28(21-14-10-8-11-15-21)22-16-12-9-13-17-22/h8-20,24H,6-7H2,1-5H3. The first kappa shape index (κ1) is 21.4. The highest BCUT2D eigenvalue weighted by molar-refractivity contribution is 7.78. The van der Waals surface area contributed by atoms with Crippen molar-refractivity contribution in [2.75, 3.05) is 26.4 Å². The lowest BCUT2D eigenvalue weighted by Gasteiger charge is -2.33. The zero-order chi connectivity index (χ0) is 20.1. The predicted octanol–water partition coefficient (Wildman–Crippen LogP) is 5.78. The molecule has 0 bridgehead atoms. The minimum atomic E-state index is -0.525. The Balaban J connectivity index is 2.21. The second-order valence-electron chi connectivity index (χ2n) is 7.51. The van der Waals surface area contributed by atoms with Crippen LogP contribution in [-0.4, -0.2) is 43.0 Å². The molecule has 0 saturated heterocycles. The summed E-state index contributed by atoms with van der Waals surface area (Å²) in [5, 5.41) is 4.64. The van der Waals surface area contributed by atoms with Crippen LogP contribution >= 0.6 is 15.8 Å². The number of rotatable bonds is 8. The van der Waals surface area contributed by atoms with Crippen LogP contribution in [0.1, 0.15) is 20.8 Å². The number of likely N-dealkylation sites (N-methyl/N-ethyl adjacent to an activating group) is 1. The van der Waals surface area contributed by atoms with Crippen LogP contribution in [0.5, 0.6) is 0 Å². The summed E-state index contributed by atoms with van der Waals surface area (Å²) in [5.74, 6) is 0. The molecule has 0 spiro atoms. The van der Waals surface area contributed by atoms with Gasteiger partial charge in [-0.3, -0.25) is 0 Å². The third-order valence-corrected chi connectivity index (χ3v) is 11.4. The zero-order valence-electron chi connectivity index (χ0n) is 17.8. The smallest absolute Gasteiger partial charge is 0.0317 e. The van der Waals surface area contributed by atoms with Crippen molar-refractivity contribution >= 4 is 26.5 Å². The summed E-state index contributed by atoms with van der Waals surface area (Å²) < 4.78 is 0. The summed E-state index contributed by atoms with van der Waals surface area (Å²) in [4.78, 5) is 2.35. The van der Waals surface area contributed by atoms with Crippen LogP contribution < -0.4 is 10.6 Å².